The van der Waals surface area contributed by atoms with Crippen LogP contribution < -0.4 is 4.74 Å². The maximum Gasteiger partial charge on any atom is 0.335 e. The summed E-state index contributed by atoms with van der Waals surface area (Å²) in [5, 5.41) is 21.1. The fourth-order valence-corrected chi connectivity index (χ4v) is 3.49. The first-order chi connectivity index (χ1) is 12.3. The molecule has 0 bridgehead atoms. The maximum absolute atomic E-state index is 11.4. The number of hydrogen-bond donors (Lipinski definition) is 2. The zero-order chi connectivity index (χ0) is 19.2. The van der Waals surface area contributed by atoms with Gasteiger partial charge in [0.15, 0.2) is 0 Å². The van der Waals surface area contributed by atoms with Gasteiger partial charge in [-0.2, -0.15) is 0 Å². The smallest absolute Gasteiger partial charge is 0.335 e. The first-order valence-corrected chi connectivity index (χ1v) is 8.52. The number of carbonyl (C=O) groups excluding carboxylic acids is 1. The minimum Gasteiger partial charge on any atom is -0.494 e. The molecule has 0 fully saturated rings. The second-order valence-electron chi connectivity index (χ2n) is 5.11. The molecule has 0 saturated carbocycles. The highest BCUT2D eigenvalue weighted by Gasteiger charge is 2.26. The van der Waals surface area contributed by atoms with Gasteiger partial charge in [0.2, 0.25) is 11.8 Å². The van der Waals surface area contributed by atoms with Crippen LogP contribution in [0.1, 0.15) is 0 Å². The standard InChI is InChI=1S/C17H9Cl4NO4/c1-2-9(23)26-8-5-3-4-7(6-8)22-16(24)10-11(17(22)25)13(19)15(21)14(20)12(10)18/h2-6,24-25H,1H2. The number of benzene rings is 2. The van der Waals surface area contributed by atoms with Gasteiger partial charge in [0.25, 0.3) is 0 Å². The quantitative estimate of drug-likeness (QED) is 0.182. The molecular formula is C17H9Cl4NO4. The highest BCUT2D eigenvalue weighted by atomic mass is 35.5. The van der Waals surface area contributed by atoms with Crippen LogP contribution >= 0.6 is 46.4 Å². The van der Waals surface area contributed by atoms with Gasteiger partial charge in [-0.3, -0.25) is 4.57 Å². The van der Waals surface area contributed by atoms with E-state index in [1.807, 2.05) is 0 Å². The molecule has 5 nitrogen and oxygen atoms in total. The zero-order valence-corrected chi connectivity index (χ0v) is 15.8. The summed E-state index contributed by atoms with van der Waals surface area (Å²) < 4.78 is 6.11. The lowest BCUT2D eigenvalue weighted by molar-refractivity contribution is -0.128. The molecule has 3 rings (SSSR count). The Labute approximate surface area is 167 Å². The van der Waals surface area contributed by atoms with E-state index in [1.54, 1.807) is 12.1 Å². The summed E-state index contributed by atoms with van der Waals surface area (Å²) in [6.45, 7) is 3.32. The van der Waals surface area contributed by atoms with E-state index in [2.05, 4.69) is 6.58 Å². The minimum atomic E-state index is -0.655. The molecule has 0 amide bonds. The van der Waals surface area contributed by atoms with Crippen molar-refractivity contribution < 1.29 is 19.7 Å². The van der Waals surface area contributed by atoms with Crippen molar-refractivity contribution in [3.8, 4) is 23.2 Å². The molecule has 0 radical (unpaired) electrons. The number of rotatable bonds is 3. The second-order valence-corrected chi connectivity index (χ2v) is 6.62. The predicted octanol–water partition coefficient (Wildman–Crippen LogP) is 5.75. The lowest BCUT2D eigenvalue weighted by Gasteiger charge is -2.08. The van der Waals surface area contributed by atoms with E-state index in [0.29, 0.717) is 0 Å². The van der Waals surface area contributed by atoms with Crippen molar-refractivity contribution in [3.05, 3.63) is 57.0 Å². The zero-order valence-electron chi connectivity index (χ0n) is 12.8. The minimum absolute atomic E-state index is 0.0389. The van der Waals surface area contributed by atoms with Crippen LogP contribution in [0.5, 0.6) is 17.5 Å². The summed E-state index contributed by atoms with van der Waals surface area (Å²) in [6.07, 6.45) is 1.01. The van der Waals surface area contributed by atoms with Gasteiger partial charge in [-0.05, 0) is 12.1 Å². The Balaban J connectivity index is 2.29. The Kier molecular flexibility index (Phi) is 4.99. The number of fused-ring (bicyclic) bond motifs is 1. The topological polar surface area (TPSA) is 71.7 Å². The highest BCUT2D eigenvalue weighted by molar-refractivity contribution is 6.55. The van der Waals surface area contributed by atoms with Crippen molar-refractivity contribution >= 4 is 63.1 Å². The SMILES string of the molecule is C=CC(=O)Oc1cccc(-n2c(O)c3c(Cl)c(Cl)c(Cl)c(Cl)c3c2O)c1. The first kappa shape index (κ1) is 18.7. The molecule has 0 atom stereocenters. The van der Waals surface area contributed by atoms with Crippen molar-refractivity contribution in [3.63, 3.8) is 0 Å². The second kappa shape index (κ2) is 6.93. The average Bonchev–Trinajstić information content (AvgIpc) is 2.88. The van der Waals surface area contributed by atoms with Crippen LogP contribution in [-0.4, -0.2) is 20.7 Å². The molecule has 9 heteroatoms. The molecule has 26 heavy (non-hydrogen) atoms. The molecule has 1 aromatic heterocycles. The normalized spacial score (nSPS) is 10.9. The molecule has 2 N–H and O–H groups in total. The van der Waals surface area contributed by atoms with E-state index in [0.717, 1.165) is 10.6 Å². The van der Waals surface area contributed by atoms with E-state index in [-0.39, 0.29) is 42.3 Å². The molecule has 0 saturated heterocycles. The molecule has 0 spiro atoms. The molecule has 2 aromatic carbocycles. The third kappa shape index (κ3) is 2.87. The van der Waals surface area contributed by atoms with E-state index < -0.39 is 17.7 Å². The third-order valence-corrected chi connectivity index (χ3v) is 5.40. The lowest BCUT2D eigenvalue weighted by atomic mass is 10.2. The Morgan fingerprint density at radius 1 is 1.00 bits per heavy atom. The summed E-state index contributed by atoms with van der Waals surface area (Å²) in [6, 6.07) is 6.07. The van der Waals surface area contributed by atoms with Crippen molar-refractivity contribution in [2.45, 2.75) is 0 Å². The average molecular weight is 433 g/mol. The molecule has 0 aliphatic rings. The molecule has 0 aliphatic carbocycles. The van der Waals surface area contributed by atoms with E-state index in [9.17, 15) is 15.0 Å². The fraction of sp³-hybridized carbons (Fsp3) is 0. The van der Waals surface area contributed by atoms with E-state index >= 15 is 0 Å². The summed E-state index contributed by atoms with van der Waals surface area (Å²) in [4.78, 5) is 11.4. The Morgan fingerprint density at radius 2 is 1.54 bits per heavy atom. The van der Waals surface area contributed by atoms with Gasteiger partial charge in [0.05, 0.1) is 36.6 Å². The fourth-order valence-electron chi connectivity index (χ4n) is 2.46. The highest BCUT2D eigenvalue weighted by Crippen LogP contribution is 2.51. The first-order valence-electron chi connectivity index (χ1n) is 7.00. The van der Waals surface area contributed by atoms with Crippen LogP contribution in [0.2, 0.25) is 20.1 Å². The lowest BCUT2D eigenvalue weighted by Crippen LogP contribution is -2.03. The van der Waals surface area contributed by atoms with Gasteiger partial charge in [0, 0.05) is 12.1 Å². The monoisotopic (exact) mass is 431 g/mol. The van der Waals surface area contributed by atoms with Crippen molar-refractivity contribution in [1.82, 2.24) is 4.57 Å². The number of ether oxygens (including phenoxy) is 1. The number of nitrogens with zero attached hydrogens (tertiary/aromatic N) is 1. The summed E-state index contributed by atoms with van der Waals surface area (Å²) in [7, 11) is 0. The van der Waals surface area contributed by atoms with Gasteiger partial charge >= 0.3 is 5.97 Å². The largest absolute Gasteiger partial charge is 0.494 e. The summed E-state index contributed by atoms with van der Waals surface area (Å²) in [5.74, 6) is -1.29. The molecule has 0 aliphatic heterocycles. The summed E-state index contributed by atoms with van der Waals surface area (Å²) >= 11 is 24.4. The van der Waals surface area contributed by atoms with Crippen molar-refractivity contribution in [2.24, 2.45) is 0 Å². The van der Waals surface area contributed by atoms with Crippen molar-refractivity contribution in [1.29, 1.82) is 0 Å². The van der Waals surface area contributed by atoms with Crippen LogP contribution in [0.4, 0.5) is 0 Å². The number of carbonyl (C=O) groups is 1. The van der Waals surface area contributed by atoms with Gasteiger partial charge in [-0.1, -0.05) is 59.0 Å². The third-order valence-electron chi connectivity index (χ3n) is 3.60. The number of hydrogen-bond acceptors (Lipinski definition) is 4. The Bertz CT molecular complexity index is 1020. The number of esters is 1. The Hall–Kier alpha value is -2.05. The van der Waals surface area contributed by atoms with E-state index in [4.69, 9.17) is 51.1 Å². The number of aromatic nitrogens is 1. The van der Waals surface area contributed by atoms with Crippen LogP contribution in [-0.2, 0) is 4.79 Å². The predicted molar refractivity (Wildman–Crippen MR) is 102 cm³/mol. The number of halogens is 4. The molecule has 134 valence electrons. The van der Waals surface area contributed by atoms with Crippen LogP contribution in [0.15, 0.2) is 36.9 Å². The van der Waals surface area contributed by atoms with Crippen molar-refractivity contribution in [2.75, 3.05) is 0 Å². The maximum atomic E-state index is 11.4. The van der Waals surface area contributed by atoms with Gasteiger partial charge < -0.3 is 14.9 Å². The van der Waals surface area contributed by atoms with Crippen LogP contribution in [0.25, 0.3) is 16.5 Å². The summed E-state index contributed by atoms with van der Waals surface area (Å²) in [5.41, 5.74) is 0.282. The van der Waals surface area contributed by atoms with Gasteiger partial charge in [0.1, 0.15) is 5.75 Å². The molecular weight excluding hydrogens is 424 g/mol. The van der Waals surface area contributed by atoms with E-state index in [1.165, 1.54) is 12.1 Å². The van der Waals surface area contributed by atoms with Crippen LogP contribution in [0.3, 0.4) is 0 Å². The molecule has 1 heterocycles. The molecule has 3 aromatic rings. The number of aromatic hydroxyl groups is 2. The van der Waals surface area contributed by atoms with Gasteiger partial charge in [-0.15, -0.1) is 0 Å². The van der Waals surface area contributed by atoms with Gasteiger partial charge in [-0.25, -0.2) is 4.79 Å². The Morgan fingerprint density at radius 3 is 2.04 bits per heavy atom. The van der Waals surface area contributed by atoms with Crippen LogP contribution in [0, 0.1) is 0 Å². The molecule has 0 unspecified atom stereocenters.